The summed E-state index contributed by atoms with van der Waals surface area (Å²) in [5, 5.41) is 12.5. The lowest BCUT2D eigenvalue weighted by atomic mass is 10.1. The van der Waals surface area contributed by atoms with Crippen molar-refractivity contribution in [2.24, 2.45) is 0 Å². The molecule has 0 saturated heterocycles. The number of rotatable bonds is 8. The second-order valence-electron chi connectivity index (χ2n) is 6.87. The van der Waals surface area contributed by atoms with Gasteiger partial charge in [-0.25, -0.2) is 4.79 Å². The van der Waals surface area contributed by atoms with Gasteiger partial charge in [0.15, 0.2) is 11.0 Å². The van der Waals surface area contributed by atoms with Crippen molar-refractivity contribution in [2.45, 2.75) is 19.0 Å². The third kappa shape index (κ3) is 5.01. The zero-order valence-corrected chi connectivity index (χ0v) is 19.0. The summed E-state index contributed by atoms with van der Waals surface area (Å²) in [5.41, 5.74) is 2.68. The Balaban J connectivity index is 1.68. The highest BCUT2D eigenvalue weighted by molar-refractivity contribution is 7.99. The summed E-state index contributed by atoms with van der Waals surface area (Å²) >= 11 is 1.18. The summed E-state index contributed by atoms with van der Waals surface area (Å²) in [4.78, 5) is 26.9. The van der Waals surface area contributed by atoms with Gasteiger partial charge in [0, 0.05) is 28.4 Å². The number of hydrogen-bond acceptors (Lipinski definition) is 7. The number of nitrogens with zero attached hydrogens (tertiary/aromatic N) is 3. The van der Waals surface area contributed by atoms with Crippen LogP contribution in [0.1, 0.15) is 13.8 Å². The van der Waals surface area contributed by atoms with E-state index in [0.717, 1.165) is 27.9 Å². The van der Waals surface area contributed by atoms with Crippen molar-refractivity contribution in [3.8, 4) is 22.8 Å². The van der Waals surface area contributed by atoms with Crippen LogP contribution in [-0.2, 0) is 9.53 Å². The van der Waals surface area contributed by atoms with Gasteiger partial charge in [-0.15, -0.1) is 10.2 Å². The zero-order valence-electron chi connectivity index (χ0n) is 18.2. The van der Waals surface area contributed by atoms with Crippen LogP contribution < -0.4 is 10.1 Å². The van der Waals surface area contributed by atoms with Gasteiger partial charge in [0.2, 0.25) is 5.91 Å². The van der Waals surface area contributed by atoms with E-state index in [2.05, 4.69) is 20.5 Å². The van der Waals surface area contributed by atoms with E-state index in [0.29, 0.717) is 17.6 Å². The first-order valence-corrected chi connectivity index (χ1v) is 11.4. The molecule has 0 unspecified atom stereocenters. The quantitative estimate of drug-likeness (QED) is 0.376. The number of H-pyrrole nitrogens is 1. The first-order chi connectivity index (χ1) is 16.1. The molecule has 2 aromatic carbocycles. The molecule has 2 N–H and O–H groups in total. The van der Waals surface area contributed by atoms with Crippen molar-refractivity contribution in [1.82, 2.24) is 25.1 Å². The van der Waals surface area contributed by atoms with Crippen LogP contribution in [0, 0.1) is 0 Å². The molecule has 0 fully saturated rings. The fourth-order valence-electron chi connectivity index (χ4n) is 3.33. The summed E-state index contributed by atoms with van der Waals surface area (Å²) in [6.07, 6.45) is 1.12. The number of aromatic amines is 1. The van der Waals surface area contributed by atoms with Crippen molar-refractivity contribution in [2.75, 3.05) is 19.0 Å². The van der Waals surface area contributed by atoms with Crippen LogP contribution in [0.4, 0.5) is 4.79 Å². The smallest absolute Gasteiger partial charge is 0.413 e. The van der Waals surface area contributed by atoms with Crippen LogP contribution in [0.2, 0.25) is 0 Å². The fourth-order valence-corrected chi connectivity index (χ4v) is 4.08. The van der Waals surface area contributed by atoms with E-state index in [1.807, 2.05) is 66.2 Å². The standard InChI is InChI=1S/C23H23N5O4S/c1-3-31-16-11-9-15(10-12-16)28-21(18-13-24-19-8-6-5-7-17(18)19)26-27-22(28)33-14-20(29)25-23(30)32-4-2/h5-13,24H,3-4,14H2,1-2H3,(H,25,29,30). The second-order valence-corrected chi connectivity index (χ2v) is 7.82. The molecule has 0 bridgehead atoms. The fraction of sp³-hybridized carbons (Fsp3) is 0.217. The Morgan fingerprint density at radius 1 is 1.06 bits per heavy atom. The second kappa shape index (κ2) is 10.2. The Morgan fingerprint density at radius 2 is 1.85 bits per heavy atom. The minimum Gasteiger partial charge on any atom is -0.494 e. The molecule has 2 aromatic heterocycles. The number of thioether (sulfide) groups is 1. The predicted molar refractivity (Wildman–Crippen MR) is 126 cm³/mol. The van der Waals surface area contributed by atoms with E-state index >= 15 is 0 Å². The van der Waals surface area contributed by atoms with Gasteiger partial charge >= 0.3 is 6.09 Å². The molecule has 2 amide bonds. The Hall–Kier alpha value is -3.79. The lowest BCUT2D eigenvalue weighted by molar-refractivity contribution is -0.117. The molecule has 0 aliphatic rings. The van der Waals surface area contributed by atoms with Crippen molar-refractivity contribution < 1.29 is 19.1 Å². The molecule has 0 aliphatic carbocycles. The topological polar surface area (TPSA) is 111 Å². The molecule has 9 nitrogen and oxygen atoms in total. The molecule has 4 aromatic rings. The maximum absolute atomic E-state index is 12.2. The largest absolute Gasteiger partial charge is 0.494 e. The van der Waals surface area contributed by atoms with E-state index in [-0.39, 0.29) is 12.4 Å². The number of amides is 2. The van der Waals surface area contributed by atoms with E-state index in [1.165, 1.54) is 11.8 Å². The third-order valence-electron chi connectivity index (χ3n) is 4.72. The van der Waals surface area contributed by atoms with Crippen LogP contribution in [0.25, 0.3) is 28.0 Å². The molecule has 0 atom stereocenters. The maximum atomic E-state index is 12.2. The Kier molecular flexibility index (Phi) is 6.94. The van der Waals surface area contributed by atoms with Crippen molar-refractivity contribution in [3.63, 3.8) is 0 Å². The van der Waals surface area contributed by atoms with Gasteiger partial charge in [0.25, 0.3) is 0 Å². The molecule has 4 rings (SSSR count). The summed E-state index contributed by atoms with van der Waals surface area (Å²) < 4.78 is 12.2. The van der Waals surface area contributed by atoms with Gasteiger partial charge in [0.05, 0.1) is 19.0 Å². The molecule has 0 aliphatic heterocycles. The first kappa shape index (κ1) is 22.4. The summed E-state index contributed by atoms with van der Waals surface area (Å²) in [6, 6.07) is 15.5. The van der Waals surface area contributed by atoms with E-state index in [9.17, 15) is 9.59 Å². The minimum absolute atomic E-state index is 0.0259. The van der Waals surface area contributed by atoms with Crippen LogP contribution in [0.3, 0.4) is 0 Å². The van der Waals surface area contributed by atoms with Crippen LogP contribution >= 0.6 is 11.8 Å². The SMILES string of the molecule is CCOC(=O)NC(=O)CSc1nnc(-c2c[nH]c3ccccc23)n1-c1ccc(OCC)cc1. The lowest BCUT2D eigenvalue weighted by Crippen LogP contribution is -2.32. The number of nitrogens with one attached hydrogen (secondary N) is 2. The number of ether oxygens (including phenoxy) is 2. The number of aromatic nitrogens is 4. The Morgan fingerprint density at radius 3 is 2.61 bits per heavy atom. The number of para-hydroxylation sites is 1. The third-order valence-corrected chi connectivity index (χ3v) is 5.65. The van der Waals surface area contributed by atoms with Gasteiger partial charge < -0.3 is 14.5 Å². The van der Waals surface area contributed by atoms with E-state index in [1.54, 1.807) is 6.92 Å². The number of hydrogen-bond donors (Lipinski definition) is 2. The Labute approximate surface area is 194 Å². The highest BCUT2D eigenvalue weighted by Crippen LogP contribution is 2.32. The molecule has 0 saturated carbocycles. The van der Waals surface area contributed by atoms with Gasteiger partial charge in [-0.3, -0.25) is 14.7 Å². The van der Waals surface area contributed by atoms with Crippen molar-refractivity contribution in [1.29, 1.82) is 0 Å². The van der Waals surface area contributed by atoms with Crippen LogP contribution in [-0.4, -0.2) is 50.7 Å². The van der Waals surface area contributed by atoms with Gasteiger partial charge in [0.1, 0.15) is 5.75 Å². The molecular weight excluding hydrogens is 442 g/mol. The van der Waals surface area contributed by atoms with Crippen LogP contribution in [0.5, 0.6) is 5.75 Å². The monoisotopic (exact) mass is 465 g/mol. The lowest BCUT2D eigenvalue weighted by Gasteiger charge is -2.11. The highest BCUT2D eigenvalue weighted by Gasteiger charge is 2.20. The highest BCUT2D eigenvalue weighted by atomic mass is 32.2. The van der Waals surface area contributed by atoms with Gasteiger partial charge in [-0.05, 0) is 44.2 Å². The minimum atomic E-state index is -0.768. The number of alkyl carbamates (subject to hydrolysis) is 1. The maximum Gasteiger partial charge on any atom is 0.413 e. The molecule has 170 valence electrons. The van der Waals surface area contributed by atoms with Crippen molar-refractivity contribution in [3.05, 3.63) is 54.7 Å². The number of carbonyl (C=O) groups excluding carboxylic acids is 2. The van der Waals surface area contributed by atoms with Crippen LogP contribution in [0.15, 0.2) is 59.9 Å². The molecule has 10 heteroatoms. The van der Waals surface area contributed by atoms with Gasteiger partial charge in [-0.1, -0.05) is 30.0 Å². The molecule has 0 spiro atoms. The molecule has 0 radical (unpaired) electrons. The zero-order chi connectivity index (χ0) is 23.2. The number of imide groups is 1. The van der Waals surface area contributed by atoms with E-state index in [4.69, 9.17) is 9.47 Å². The summed E-state index contributed by atoms with van der Waals surface area (Å²) in [6.45, 7) is 4.36. The number of carbonyl (C=O) groups is 2. The van der Waals surface area contributed by atoms with E-state index < -0.39 is 12.0 Å². The van der Waals surface area contributed by atoms with Crippen molar-refractivity contribution >= 4 is 34.7 Å². The number of fused-ring (bicyclic) bond motifs is 1. The average Bonchev–Trinajstić information content (AvgIpc) is 3.42. The predicted octanol–water partition coefficient (Wildman–Crippen LogP) is 4.18. The summed E-state index contributed by atoms with van der Waals surface area (Å²) in [5.74, 6) is 0.881. The molecule has 33 heavy (non-hydrogen) atoms. The first-order valence-electron chi connectivity index (χ1n) is 10.4. The van der Waals surface area contributed by atoms with Gasteiger partial charge in [-0.2, -0.15) is 0 Å². The molecular formula is C23H23N5O4S. The average molecular weight is 466 g/mol. The molecule has 2 heterocycles. The summed E-state index contributed by atoms with van der Waals surface area (Å²) in [7, 11) is 0. The number of benzene rings is 2. The Bertz CT molecular complexity index is 1270. The normalized spacial score (nSPS) is 10.8.